The quantitative estimate of drug-likeness (QED) is 0.266. The molecule has 1 aromatic carbocycles. The summed E-state index contributed by atoms with van der Waals surface area (Å²) in [6.07, 6.45) is 4.55. The number of aromatic nitrogens is 3. The summed E-state index contributed by atoms with van der Waals surface area (Å²) in [5.41, 5.74) is 1.72. The van der Waals surface area contributed by atoms with Crippen molar-refractivity contribution in [3.63, 3.8) is 0 Å². The van der Waals surface area contributed by atoms with Gasteiger partial charge in [0.1, 0.15) is 18.4 Å². The number of carbonyl (C=O) groups excluding carboxylic acids is 1. The zero-order chi connectivity index (χ0) is 24.2. The Hall–Kier alpha value is -2.95. The van der Waals surface area contributed by atoms with E-state index in [0.29, 0.717) is 40.4 Å². The van der Waals surface area contributed by atoms with Crippen LogP contribution in [0.1, 0.15) is 30.0 Å². The van der Waals surface area contributed by atoms with E-state index in [-0.39, 0.29) is 12.5 Å². The van der Waals surface area contributed by atoms with Gasteiger partial charge in [0.05, 0.1) is 42.4 Å². The van der Waals surface area contributed by atoms with Crippen molar-refractivity contribution < 1.29 is 18.7 Å². The number of hydrogen-bond donors (Lipinski definition) is 1. The van der Waals surface area contributed by atoms with E-state index in [1.165, 1.54) is 7.11 Å². The minimum Gasteiger partial charge on any atom is -0.495 e. The molecule has 4 rings (SSSR count). The molecule has 34 heavy (non-hydrogen) atoms. The SMILES string of the molecule is CC[C@@H]1[C@H](F)C(=O)N[C@@H]1COc1ncc(C#Cc2cnn(PI)c2)c2cc(C#N)c(OC)cc12. The highest BCUT2D eigenvalue weighted by atomic mass is 127. The molecule has 2 aromatic heterocycles. The molecule has 8 nitrogen and oxygen atoms in total. The number of halogens is 2. The number of fused-ring (bicyclic) bond motifs is 1. The Morgan fingerprint density at radius 2 is 2.12 bits per heavy atom. The molecule has 4 atom stereocenters. The number of carbonyl (C=O) groups is 1. The van der Waals surface area contributed by atoms with Gasteiger partial charge in [0.25, 0.3) is 5.91 Å². The van der Waals surface area contributed by atoms with Gasteiger partial charge in [0.2, 0.25) is 5.88 Å². The summed E-state index contributed by atoms with van der Waals surface area (Å²) in [5, 5.41) is 17.7. The number of benzene rings is 1. The lowest BCUT2D eigenvalue weighted by Gasteiger charge is -2.19. The lowest BCUT2D eigenvalue weighted by Crippen LogP contribution is -2.34. The fraction of sp³-hybridized carbons (Fsp3) is 0.304. The van der Waals surface area contributed by atoms with Crippen molar-refractivity contribution in [2.45, 2.75) is 25.6 Å². The van der Waals surface area contributed by atoms with Crippen LogP contribution in [0.25, 0.3) is 10.8 Å². The van der Waals surface area contributed by atoms with Crippen molar-refractivity contribution >= 4 is 45.1 Å². The van der Waals surface area contributed by atoms with Gasteiger partial charge in [-0.2, -0.15) is 10.4 Å². The maximum absolute atomic E-state index is 14.1. The highest BCUT2D eigenvalue weighted by molar-refractivity contribution is 14.2. The Kier molecular flexibility index (Phi) is 7.50. The Labute approximate surface area is 210 Å². The summed E-state index contributed by atoms with van der Waals surface area (Å²) in [6.45, 7) is 1.90. The minimum atomic E-state index is -1.55. The first kappa shape index (κ1) is 24.2. The second-order valence-corrected chi connectivity index (χ2v) is 9.67. The fourth-order valence-electron chi connectivity index (χ4n) is 3.88. The fourth-order valence-corrected chi connectivity index (χ4v) is 4.96. The highest BCUT2D eigenvalue weighted by Gasteiger charge is 2.41. The number of pyridine rings is 1. The van der Waals surface area contributed by atoms with Gasteiger partial charge in [-0.3, -0.25) is 4.79 Å². The Morgan fingerprint density at radius 3 is 2.79 bits per heavy atom. The molecule has 1 aliphatic heterocycles. The van der Waals surface area contributed by atoms with E-state index >= 15 is 0 Å². The van der Waals surface area contributed by atoms with Gasteiger partial charge >= 0.3 is 0 Å². The smallest absolute Gasteiger partial charge is 0.255 e. The third kappa shape index (κ3) is 4.79. The molecular weight excluding hydrogens is 571 g/mol. The number of hydrogen-bond acceptors (Lipinski definition) is 6. The first-order valence-corrected chi connectivity index (χ1v) is 14.5. The highest BCUT2D eigenvalue weighted by Crippen LogP contribution is 2.33. The summed E-state index contributed by atoms with van der Waals surface area (Å²) in [4.78, 5) is 16.2. The van der Waals surface area contributed by atoms with Crippen LogP contribution in [0.5, 0.6) is 11.6 Å². The molecule has 0 spiro atoms. The summed E-state index contributed by atoms with van der Waals surface area (Å²) in [6, 6.07) is 5.04. The van der Waals surface area contributed by atoms with Crippen LogP contribution in [0.2, 0.25) is 0 Å². The summed E-state index contributed by atoms with van der Waals surface area (Å²) < 4.78 is 27.3. The average molecular weight is 591 g/mol. The lowest BCUT2D eigenvalue weighted by molar-refractivity contribution is -0.123. The van der Waals surface area contributed by atoms with E-state index in [4.69, 9.17) is 9.47 Å². The van der Waals surface area contributed by atoms with Crippen LogP contribution < -0.4 is 14.8 Å². The van der Waals surface area contributed by atoms with E-state index in [1.54, 1.807) is 29.0 Å². The molecule has 1 amide bonds. The van der Waals surface area contributed by atoms with Crippen molar-refractivity contribution in [1.82, 2.24) is 19.9 Å². The third-order valence-corrected chi connectivity index (χ3v) is 7.54. The van der Waals surface area contributed by atoms with Gasteiger partial charge in [-0.15, -0.1) is 0 Å². The molecular formula is C23H20FIN5O3P. The summed E-state index contributed by atoms with van der Waals surface area (Å²) in [7, 11) is 1.48. The maximum Gasteiger partial charge on any atom is 0.255 e. The number of nitrogens with one attached hydrogen (secondary N) is 1. The molecule has 1 unspecified atom stereocenters. The predicted molar refractivity (Wildman–Crippen MR) is 135 cm³/mol. The zero-order valence-electron chi connectivity index (χ0n) is 18.3. The van der Waals surface area contributed by atoms with E-state index < -0.39 is 24.0 Å². The molecule has 11 heteroatoms. The van der Waals surface area contributed by atoms with Gasteiger partial charge in [0, 0.05) is 29.1 Å². The average Bonchev–Trinajstić information content (AvgIpc) is 3.43. The predicted octanol–water partition coefficient (Wildman–Crippen LogP) is 3.74. The second-order valence-electron chi connectivity index (χ2n) is 7.59. The molecule has 0 radical (unpaired) electrons. The molecule has 0 bridgehead atoms. The van der Waals surface area contributed by atoms with Crippen LogP contribution in [-0.2, 0) is 4.79 Å². The Balaban J connectivity index is 1.71. The number of alkyl halides is 1. The molecule has 0 aliphatic carbocycles. The number of nitrogens with zero attached hydrogens (tertiary/aromatic N) is 4. The molecule has 1 aliphatic rings. The molecule has 1 N–H and O–H groups in total. The standard InChI is InChI=1S/C23H20FIN5O3P/c1-3-16-19(29-22(31)21(16)24)12-33-23-18-7-20(32-2)15(8-26)6-17(18)14(10-27-23)5-4-13-9-28-30(11-13)34-25/h6-7,9-11,16,19,21,34H,3,12H2,1-2H3,(H,29,31)/t16-,19+,21-/m0/s1. The Morgan fingerprint density at radius 1 is 1.29 bits per heavy atom. The third-order valence-electron chi connectivity index (χ3n) is 5.64. The van der Waals surface area contributed by atoms with Crippen LogP contribution in [-0.4, -0.2) is 46.4 Å². The van der Waals surface area contributed by atoms with E-state index in [0.717, 1.165) is 5.56 Å². The largest absolute Gasteiger partial charge is 0.495 e. The summed E-state index contributed by atoms with van der Waals surface area (Å²) >= 11 is 2.23. The van der Waals surface area contributed by atoms with E-state index in [2.05, 4.69) is 55.4 Å². The number of amides is 1. The second kappa shape index (κ2) is 10.5. The number of methoxy groups -OCH3 is 1. The minimum absolute atomic E-state index is 0.0658. The molecule has 3 aromatic rings. The van der Waals surface area contributed by atoms with Crippen LogP contribution >= 0.6 is 28.4 Å². The van der Waals surface area contributed by atoms with Crippen LogP contribution in [0, 0.1) is 29.1 Å². The molecule has 1 fully saturated rings. The number of ether oxygens (including phenoxy) is 2. The molecule has 1 saturated heterocycles. The molecule has 174 valence electrons. The lowest BCUT2D eigenvalue weighted by atomic mass is 9.97. The van der Waals surface area contributed by atoms with Gasteiger partial charge in [-0.1, -0.05) is 18.8 Å². The number of rotatable bonds is 6. The van der Waals surface area contributed by atoms with Gasteiger partial charge < -0.3 is 14.8 Å². The van der Waals surface area contributed by atoms with Gasteiger partial charge in [-0.05, 0) is 40.6 Å². The first-order valence-electron chi connectivity index (χ1n) is 10.4. The van der Waals surface area contributed by atoms with Crippen molar-refractivity contribution in [3.8, 4) is 29.5 Å². The Bertz CT molecular complexity index is 1350. The topological polar surface area (TPSA) is 102 Å². The number of nitriles is 1. The maximum atomic E-state index is 14.1. The summed E-state index contributed by atoms with van der Waals surface area (Å²) in [5.74, 6) is 5.76. The monoisotopic (exact) mass is 591 g/mol. The van der Waals surface area contributed by atoms with Crippen LogP contribution in [0.3, 0.4) is 0 Å². The zero-order valence-corrected chi connectivity index (χ0v) is 21.5. The molecule has 0 saturated carbocycles. The van der Waals surface area contributed by atoms with Crippen molar-refractivity contribution in [3.05, 3.63) is 47.4 Å². The molecule has 3 heterocycles. The van der Waals surface area contributed by atoms with Crippen LogP contribution in [0.15, 0.2) is 30.7 Å². The van der Waals surface area contributed by atoms with Crippen molar-refractivity contribution in [1.29, 1.82) is 5.26 Å². The van der Waals surface area contributed by atoms with Crippen molar-refractivity contribution in [2.75, 3.05) is 13.7 Å². The van der Waals surface area contributed by atoms with E-state index in [9.17, 15) is 14.4 Å². The van der Waals surface area contributed by atoms with Gasteiger partial charge in [-0.25, -0.2) is 13.8 Å². The first-order chi connectivity index (χ1) is 16.5. The van der Waals surface area contributed by atoms with Gasteiger partial charge in [0.15, 0.2) is 6.17 Å². The van der Waals surface area contributed by atoms with E-state index in [1.807, 2.05) is 13.1 Å². The normalized spacial score (nSPS) is 19.6. The van der Waals surface area contributed by atoms with Crippen molar-refractivity contribution in [2.24, 2.45) is 5.92 Å². The van der Waals surface area contributed by atoms with Crippen LogP contribution in [0.4, 0.5) is 4.39 Å².